The van der Waals surface area contributed by atoms with Gasteiger partial charge in [-0.25, -0.2) is 4.79 Å². The summed E-state index contributed by atoms with van der Waals surface area (Å²) >= 11 is 0. The van der Waals surface area contributed by atoms with E-state index in [-0.39, 0.29) is 5.60 Å². The van der Waals surface area contributed by atoms with E-state index < -0.39 is 6.09 Å². The summed E-state index contributed by atoms with van der Waals surface area (Å²) in [6.45, 7) is 6.23. The second-order valence-corrected chi connectivity index (χ2v) is 6.75. The molecule has 0 atom stereocenters. The molecule has 2 aliphatic rings. The van der Waals surface area contributed by atoms with Crippen molar-refractivity contribution in [1.82, 2.24) is 0 Å². The van der Waals surface area contributed by atoms with Gasteiger partial charge in [0.2, 0.25) is 0 Å². The fraction of sp³-hybridized carbons (Fsp3) is 0.941. The molecule has 0 aromatic carbocycles. The van der Waals surface area contributed by atoms with Crippen LogP contribution in [0.3, 0.4) is 0 Å². The first-order valence-electron chi connectivity index (χ1n) is 8.49. The number of unbranched alkanes of at least 4 members (excludes halogenated alkanes) is 2. The van der Waals surface area contributed by atoms with Crippen LogP contribution in [0.1, 0.15) is 85.0 Å². The number of carbonyl (C=O) groups is 1. The zero-order chi connectivity index (χ0) is 15.0. The molecule has 0 aromatic rings. The number of carbonyl (C=O) groups excluding carboxylic acids is 1. The predicted octanol–water partition coefficient (Wildman–Crippen LogP) is 5.03. The smallest absolute Gasteiger partial charge is 0.405 e. The van der Waals surface area contributed by atoms with Gasteiger partial charge in [-0.05, 0) is 70.1 Å². The summed E-state index contributed by atoms with van der Waals surface area (Å²) in [4.78, 5) is 10.7. The molecular formula is C17H33NO2. The quantitative estimate of drug-likeness (QED) is 0.712. The largest absolute Gasteiger partial charge is 0.443 e. The van der Waals surface area contributed by atoms with E-state index in [1.165, 1.54) is 11.8 Å². The number of amides is 1. The molecule has 0 radical (unpaired) electrons. The van der Waals surface area contributed by atoms with E-state index in [1.54, 1.807) is 25.7 Å². The zero-order valence-electron chi connectivity index (χ0n) is 13.6. The van der Waals surface area contributed by atoms with Gasteiger partial charge in [-0.1, -0.05) is 26.7 Å². The molecule has 2 N–H and O–H groups in total. The first-order valence-corrected chi connectivity index (χ1v) is 8.49. The van der Waals surface area contributed by atoms with Crippen LogP contribution in [-0.2, 0) is 4.74 Å². The van der Waals surface area contributed by atoms with Crippen LogP contribution < -0.4 is 5.73 Å². The van der Waals surface area contributed by atoms with Crippen LogP contribution in [0.2, 0.25) is 0 Å². The molecule has 3 nitrogen and oxygen atoms in total. The number of fused-ring (bicyclic) bond motifs is 1. The predicted molar refractivity (Wildman–Crippen MR) is 83.6 cm³/mol. The van der Waals surface area contributed by atoms with E-state index >= 15 is 0 Å². The topological polar surface area (TPSA) is 52.3 Å². The van der Waals surface area contributed by atoms with E-state index in [4.69, 9.17) is 10.5 Å². The number of ether oxygens (including phenoxy) is 1. The Balaban J connectivity index is 0.000000267. The Morgan fingerprint density at radius 3 is 1.65 bits per heavy atom. The summed E-state index contributed by atoms with van der Waals surface area (Å²) in [6, 6.07) is 0. The second-order valence-electron chi connectivity index (χ2n) is 6.75. The van der Waals surface area contributed by atoms with Crippen molar-refractivity contribution in [3.8, 4) is 0 Å². The number of rotatable bonds is 7. The average Bonchev–Trinajstić information content (AvgIpc) is 2.38. The number of primary amides is 1. The molecule has 118 valence electrons. The maximum atomic E-state index is 10.7. The van der Waals surface area contributed by atoms with E-state index in [0.717, 1.165) is 38.5 Å². The van der Waals surface area contributed by atoms with Gasteiger partial charge in [0.1, 0.15) is 5.60 Å². The minimum atomic E-state index is -0.653. The number of nitrogens with two attached hydrogens (primary N) is 1. The van der Waals surface area contributed by atoms with Crippen molar-refractivity contribution < 1.29 is 9.53 Å². The number of hydrogen-bond acceptors (Lipinski definition) is 2. The molecule has 1 amide bonds. The van der Waals surface area contributed by atoms with Gasteiger partial charge in [0.05, 0.1) is 0 Å². The highest BCUT2D eigenvalue weighted by molar-refractivity contribution is 5.65. The summed E-state index contributed by atoms with van der Waals surface area (Å²) in [5, 5.41) is 0. The first-order chi connectivity index (χ1) is 9.50. The van der Waals surface area contributed by atoms with Gasteiger partial charge in [-0.3, -0.25) is 0 Å². The third-order valence-corrected chi connectivity index (χ3v) is 4.95. The third kappa shape index (κ3) is 5.72. The summed E-state index contributed by atoms with van der Waals surface area (Å²) in [5.41, 5.74) is 4.71. The molecular weight excluding hydrogens is 250 g/mol. The van der Waals surface area contributed by atoms with Gasteiger partial charge in [0, 0.05) is 0 Å². The fourth-order valence-electron chi connectivity index (χ4n) is 3.14. The van der Waals surface area contributed by atoms with E-state index in [1.807, 2.05) is 6.92 Å². The monoisotopic (exact) mass is 283 g/mol. The molecule has 2 aliphatic carbocycles. The van der Waals surface area contributed by atoms with Crippen LogP contribution in [0.4, 0.5) is 4.79 Å². The zero-order valence-corrected chi connectivity index (χ0v) is 13.6. The molecule has 20 heavy (non-hydrogen) atoms. The minimum absolute atomic E-state index is 0.349. The number of hydrogen-bond donors (Lipinski definition) is 1. The molecule has 0 aliphatic heterocycles. The van der Waals surface area contributed by atoms with Crippen LogP contribution in [-0.4, -0.2) is 11.7 Å². The van der Waals surface area contributed by atoms with Gasteiger partial charge in [-0.15, -0.1) is 0 Å². The van der Waals surface area contributed by atoms with Crippen molar-refractivity contribution >= 4 is 6.09 Å². The maximum absolute atomic E-state index is 10.7. The molecule has 2 rings (SSSR count). The Morgan fingerprint density at radius 1 is 1.05 bits per heavy atom. The van der Waals surface area contributed by atoms with Crippen LogP contribution in [0.25, 0.3) is 0 Å². The highest BCUT2D eigenvalue weighted by Crippen LogP contribution is 2.49. The molecule has 0 spiro atoms. The molecule has 0 unspecified atom stereocenters. The third-order valence-electron chi connectivity index (χ3n) is 4.95. The Kier molecular flexibility index (Phi) is 7.39. The van der Waals surface area contributed by atoms with Gasteiger partial charge in [0.15, 0.2) is 0 Å². The van der Waals surface area contributed by atoms with Gasteiger partial charge < -0.3 is 10.5 Å². The highest BCUT2D eigenvalue weighted by Gasteiger charge is 2.37. The Hall–Kier alpha value is -0.730. The minimum Gasteiger partial charge on any atom is -0.443 e. The lowest BCUT2D eigenvalue weighted by molar-refractivity contribution is 0.0145. The molecule has 0 aromatic heterocycles. The summed E-state index contributed by atoms with van der Waals surface area (Å²) in [7, 11) is 0. The highest BCUT2D eigenvalue weighted by atomic mass is 16.6. The van der Waals surface area contributed by atoms with E-state index in [0.29, 0.717) is 0 Å². The summed E-state index contributed by atoms with van der Waals surface area (Å²) in [5.74, 6) is 2.43. The maximum Gasteiger partial charge on any atom is 0.405 e. The van der Waals surface area contributed by atoms with Crippen molar-refractivity contribution in [2.75, 3.05) is 0 Å². The summed E-state index contributed by atoms with van der Waals surface area (Å²) in [6.07, 6.45) is 11.8. The summed E-state index contributed by atoms with van der Waals surface area (Å²) < 4.78 is 5.18. The van der Waals surface area contributed by atoms with Crippen LogP contribution in [0, 0.1) is 11.8 Å². The Morgan fingerprint density at radius 2 is 1.45 bits per heavy atom. The standard InChI is InChI=1S/C11H23NO2.C6H10/c1-4-6-8-11(3,9-7-5-2)14-10(12)13;1-2-6-4-3-5(1)6/h4-9H2,1-3H3,(H2,12,13);5-6H,1-4H2. The van der Waals surface area contributed by atoms with Crippen molar-refractivity contribution in [3.63, 3.8) is 0 Å². The van der Waals surface area contributed by atoms with E-state index in [2.05, 4.69) is 13.8 Å². The van der Waals surface area contributed by atoms with Crippen LogP contribution in [0.5, 0.6) is 0 Å². The normalized spacial score (nSPS) is 23.6. The molecule has 0 saturated heterocycles. The first kappa shape index (κ1) is 17.3. The van der Waals surface area contributed by atoms with Gasteiger partial charge >= 0.3 is 6.09 Å². The van der Waals surface area contributed by atoms with Crippen LogP contribution in [0.15, 0.2) is 0 Å². The Labute approximate surface area is 124 Å². The molecule has 0 bridgehead atoms. The molecule has 2 saturated carbocycles. The van der Waals surface area contributed by atoms with Crippen molar-refractivity contribution in [1.29, 1.82) is 0 Å². The molecule has 3 heteroatoms. The lowest BCUT2D eigenvalue weighted by atomic mass is 9.60. The average molecular weight is 283 g/mol. The van der Waals surface area contributed by atoms with E-state index in [9.17, 15) is 4.79 Å². The van der Waals surface area contributed by atoms with Crippen molar-refractivity contribution in [2.45, 2.75) is 90.6 Å². The molecule has 0 heterocycles. The van der Waals surface area contributed by atoms with Gasteiger partial charge in [-0.2, -0.15) is 0 Å². The second kappa shape index (κ2) is 8.53. The Bertz CT molecular complexity index is 265. The van der Waals surface area contributed by atoms with Crippen molar-refractivity contribution in [3.05, 3.63) is 0 Å². The SMILES string of the molecule is C1CC2CCC12.CCCCC(C)(CCCC)OC(N)=O. The lowest BCUT2D eigenvalue weighted by Crippen LogP contribution is -2.34. The van der Waals surface area contributed by atoms with Crippen LogP contribution >= 0.6 is 0 Å². The van der Waals surface area contributed by atoms with Crippen molar-refractivity contribution in [2.24, 2.45) is 17.6 Å². The lowest BCUT2D eigenvalue weighted by Gasteiger charge is -2.46. The fourth-order valence-corrected chi connectivity index (χ4v) is 3.14. The molecule has 2 fully saturated rings. The van der Waals surface area contributed by atoms with Gasteiger partial charge in [0.25, 0.3) is 0 Å².